The van der Waals surface area contributed by atoms with Gasteiger partial charge in [-0.1, -0.05) is 94.3 Å². The molecule has 3 fully saturated rings. The number of aliphatic imine (C=N–C) groups is 1. The normalized spacial score (nSPS) is 22.6. The van der Waals surface area contributed by atoms with Crippen molar-refractivity contribution >= 4 is 92.6 Å². The van der Waals surface area contributed by atoms with Crippen LogP contribution in [0.5, 0.6) is 0 Å². The van der Waals surface area contributed by atoms with Crippen LogP contribution in [0.2, 0.25) is 0 Å². The molecule has 0 radical (unpaired) electrons. The third-order valence-corrected chi connectivity index (χ3v) is 16.5. The van der Waals surface area contributed by atoms with E-state index in [2.05, 4.69) is 52.5 Å². The maximum absolute atomic E-state index is 15.1. The Morgan fingerprint density at radius 3 is 2.15 bits per heavy atom. The largest absolute Gasteiger partial charge is 0.370 e. The zero-order chi connectivity index (χ0) is 64.3. The second-order valence-corrected chi connectivity index (χ2v) is 23.7. The van der Waals surface area contributed by atoms with E-state index in [0.717, 1.165) is 21.7 Å². The summed E-state index contributed by atoms with van der Waals surface area (Å²) in [6.07, 6.45) is 4.11. The first-order chi connectivity index (χ1) is 42.6. The second-order valence-electron chi connectivity index (χ2n) is 23.7. The Morgan fingerprint density at radius 1 is 0.730 bits per heavy atom. The van der Waals surface area contributed by atoms with E-state index in [0.29, 0.717) is 43.2 Å². The number of benzene rings is 3. The summed E-state index contributed by atoms with van der Waals surface area (Å²) < 4.78 is 0. The number of guanidine groups is 1. The Labute approximate surface area is 517 Å². The van der Waals surface area contributed by atoms with Crippen LogP contribution in [0.3, 0.4) is 0 Å². The van der Waals surface area contributed by atoms with Crippen LogP contribution in [0.25, 0.3) is 21.7 Å². The van der Waals surface area contributed by atoms with E-state index in [1.54, 1.807) is 26.1 Å². The standard InChI is InChI=1S/C63H87N15O11/c1-5-6-19-44(70-37(4)79)55(82)75-49-34-52(80)67-27-12-11-21-45(57(84)76-53(36(2)3)62(89)77-29-14-23-50(77)54(64)81)71-59(86)48(33-41-35-69-43-20-10-9-18-42(41)43)73-56(83)46(22-13-28-68-63(65)66)72-58(85)47(74-60(87)51-24-15-30-78(51)61(49)88)32-38-25-26-39-16-7-8-17-40(39)31-38/h7-10,16-18,20,25-26,31,35-36,44-51,53,69H,5-6,11-15,19,21-24,27-30,32-34H2,1-4H3,(H2,64,81)(H,67,80)(H,70,79)(H,71,86)(H,72,85)(H,73,83)(H,74,87)(H,75,82)(H,76,84)(H4,65,66,68)/t44-,45-,46-,47+,48-,49-,50+,51-,53?/m0/s1. The Morgan fingerprint density at radius 2 is 1.42 bits per heavy atom. The van der Waals surface area contributed by atoms with Gasteiger partial charge in [0.1, 0.15) is 54.4 Å². The number of rotatable bonds is 19. The number of para-hydroxylation sites is 1. The monoisotopic (exact) mass is 1230 g/mol. The maximum atomic E-state index is 15.1. The van der Waals surface area contributed by atoms with Crippen molar-refractivity contribution in [3.8, 4) is 0 Å². The highest BCUT2D eigenvalue weighted by Gasteiger charge is 2.42. The molecule has 89 heavy (non-hydrogen) atoms. The lowest BCUT2D eigenvalue weighted by Gasteiger charge is -2.31. The summed E-state index contributed by atoms with van der Waals surface area (Å²) in [5.74, 6) is -8.45. The fraction of sp³-hybridized carbons (Fsp3) is 0.524. The lowest BCUT2D eigenvalue weighted by Crippen LogP contribution is -2.61. The molecular formula is C63H87N15O11. The van der Waals surface area contributed by atoms with Crippen molar-refractivity contribution in [1.82, 2.24) is 57.3 Å². The van der Waals surface area contributed by atoms with Crippen LogP contribution in [0.1, 0.15) is 122 Å². The maximum Gasteiger partial charge on any atom is 0.246 e. The number of primary amides is 1. The van der Waals surface area contributed by atoms with E-state index in [1.807, 2.05) is 67.6 Å². The third-order valence-electron chi connectivity index (χ3n) is 16.5. The van der Waals surface area contributed by atoms with Gasteiger partial charge in [-0.15, -0.1) is 0 Å². The van der Waals surface area contributed by atoms with Crippen molar-refractivity contribution < 1.29 is 52.7 Å². The molecule has 11 amide bonds. The fourth-order valence-corrected chi connectivity index (χ4v) is 11.8. The molecule has 3 aliphatic rings. The average molecular weight is 1230 g/mol. The molecule has 7 rings (SSSR count). The number of likely N-dealkylation sites (tertiary alicyclic amines) is 1. The first-order valence-electron chi connectivity index (χ1n) is 31.0. The topological polar surface area (TPSA) is 397 Å². The molecule has 1 unspecified atom stereocenters. The number of carbonyl (C=O) groups is 11. The van der Waals surface area contributed by atoms with Gasteiger partial charge in [-0.2, -0.15) is 0 Å². The molecule has 1 aromatic heterocycles. The molecule has 0 spiro atoms. The smallest absolute Gasteiger partial charge is 0.246 e. The SMILES string of the molecule is CCCC[C@H](NC(C)=O)C(=O)N[C@H]1CC(=O)NCCCC[C@@H](C(=O)NC(C(=O)N2CCC[C@@H]2C(N)=O)C(C)C)NC(=O)[C@H](Cc2c[nH]c3ccccc23)NC(=O)[C@H](CCCN=C(N)N)NC(=O)[C@@H](Cc2ccc3ccccc3c2)NC(=O)[C@@H]2CCCN2C1=O. The quantitative estimate of drug-likeness (QED) is 0.0348. The molecule has 0 bridgehead atoms. The molecule has 480 valence electrons. The highest BCUT2D eigenvalue weighted by atomic mass is 16.2. The fourth-order valence-electron chi connectivity index (χ4n) is 11.8. The second kappa shape index (κ2) is 32.2. The lowest BCUT2D eigenvalue weighted by molar-refractivity contribution is -0.143. The summed E-state index contributed by atoms with van der Waals surface area (Å²) in [7, 11) is 0. The van der Waals surface area contributed by atoms with E-state index in [4.69, 9.17) is 17.2 Å². The van der Waals surface area contributed by atoms with Gasteiger partial charge in [-0.05, 0) is 98.1 Å². The van der Waals surface area contributed by atoms with Gasteiger partial charge >= 0.3 is 0 Å². The van der Waals surface area contributed by atoms with Gasteiger partial charge in [0.05, 0.1) is 6.42 Å². The number of hydrogen-bond acceptors (Lipinski definition) is 12. The average Bonchev–Trinajstić information content (AvgIpc) is 2.92. The van der Waals surface area contributed by atoms with Gasteiger partial charge < -0.3 is 74.5 Å². The Kier molecular flexibility index (Phi) is 24.4. The summed E-state index contributed by atoms with van der Waals surface area (Å²) in [4.78, 5) is 167. The van der Waals surface area contributed by atoms with Crippen molar-refractivity contribution in [3.63, 3.8) is 0 Å². The Hall–Kier alpha value is -9.10. The number of aromatic amines is 1. The molecular weight excluding hydrogens is 1140 g/mol. The molecule has 3 saturated heterocycles. The van der Waals surface area contributed by atoms with Crippen molar-refractivity contribution in [2.75, 3.05) is 26.2 Å². The summed E-state index contributed by atoms with van der Waals surface area (Å²) in [6.45, 7) is 6.93. The number of nitrogens with zero attached hydrogens (tertiary/aromatic N) is 3. The minimum absolute atomic E-state index is 0.00421. The van der Waals surface area contributed by atoms with E-state index in [9.17, 15) is 38.4 Å². The third kappa shape index (κ3) is 18.7. The van der Waals surface area contributed by atoms with Gasteiger partial charge in [0.2, 0.25) is 65.0 Å². The predicted molar refractivity (Wildman–Crippen MR) is 333 cm³/mol. The molecule has 3 aromatic carbocycles. The van der Waals surface area contributed by atoms with Crippen LogP contribution >= 0.6 is 0 Å². The molecule has 15 N–H and O–H groups in total. The number of unbranched alkanes of at least 4 members (excludes halogenated alkanes) is 1. The summed E-state index contributed by atoms with van der Waals surface area (Å²) in [5.41, 5.74) is 19.0. The molecule has 4 aromatic rings. The highest BCUT2D eigenvalue weighted by molar-refractivity contribution is 6.00. The molecule has 9 atom stereocenters. The molecule has 3 aliphatic heterocycles. The van der Waals surface area contributed by atoms with Gasteiger partial charge in [-0.3, -0.25) is 57.7 Å². The van der Waals surface area contributed by atoms with E-state index >= 15 is 14.4 Å². The van der Waals surface area contributed by atoms with Crippen molar-refractivity contribution in [1.29, 1.82) is 0 Å². The van der Waals surface area contributed by atoms with Crippen molar-refractivity contribution in [2.45, 2.75) is 178 Å². The molecule has 4 heterocycles. The van der Waals surface area contributed by atoms with Crippen LogP contribution in [-0.4, -0.2) is 166 Å². The van der Waals surface area contributed by atoms with Crippen molar-refractivity contribution in [3.05, 3.63) is 84.1 Å². The van der Waals surface area contributed by atoms with Crippen LogP contribution in [-0.2, 0) is 65.6 Å². The number of carbonyl (C=O) groups excluding carboxylic acids is 11. The number of amides is 11. The summed E-state index contributed by atoms with van der Waals surface area (Å²) >= 11 is 0. The zero-order valence-corrected chi connectivity index (χ0v) is 51.2. The van der Waals surface area contributed by atoms with E-state index in [1.165, 1.54) is 16.7 Å². The predicted octanol–water partition coefficient (Wildman–Crippen LogP) is 0.577. The molecule has 0 aliphatic carbocycles. The number of fused-ring (bicyclic) bond motifs is 3. The Bertz CT molecular complexity index is 3250. The van der Waals surface area contributed by atoms with Crippen LogP contribution < -0.4 is 59.7 Å². The number of nitrogens with one attached hydrogen (secondary N) is 9. The molecule has 0 saturated carbocycles. The minimum atomic E-state index is -1.53. The molecule has 26 heteroatoms. The van der Waals surface area contributed by atoms with Crippen LogP contribution in [0, 0.1) is 5.92 Å². The first kappa shape index (κ1) is 67.4. The number of nitrogens with two attached hydrogens (primary N) is 3. The highest BCUT2D eigenvalue weighted by Crippen LogP contribution is 2.25. The van der Waals surface area contributed by atoms with Crippen LogP contribution in [0.15, 0.2) is 77.9 Å². The number of aromatic nitrogens is 1. The van der Waals surface area contributed by atoms with Gasteiger partial charge in [0.15, 0.2) is 5.96 Å². The van der Waals surface area contributed by atoms with Gasteiger partial charge in [0.25, 0.3) is 0 Å². The molecule has 26 nitrogen and oxygen atoms in total. The van der Waals surface area contributed by atoms with Crippen LogP contribution in [0.4, 0.5) is 0 Å². The lowest BCUT2D eigenvalue weighted by atomic mass is 9.99. The van der Waals surface area contributed by atoms with Gasteiger partial charge in [0, 0.05) is 63.0 Å². The zero-order valence-electron chi connectivity index (χ0n) is 51.2. The van der Waals surface area contributed by atoms with E-state index < -0.39 is 132 Å². The van der Waals surface area contributed by atoms with Crippen molar-refractivity contribution in [2.24, 2.45) is 28.1 Å². The van der Waals surface area contributed by atoms with Gasteiger partial charge in [-0.25, -0.2) is 0 Å². The van der Waals surface area contributed by atoms with E-state index in [-0.39, 0.29) is 89.9 Å². The summed E-state index contributed by atoms with van der Waals surface area (Å²) in [5, 5.41) is 24.9. The Balaban J connectivity index is 1.28. The number of hydrogen-bond donors (Lipinski definition) is 12. The minimum Gasteiger partial charge on any atom is -0.370 e. The summed E-state index contributed by atoms with van der Waals surface area (Å²) in [6, 6.07) is 9.02. The number of H-pyrrole nitrogens is 1. The first-order valence-corrected chi connectivity index (χ1v) is 31.0.